The van der Waals surface area contributed by atoms with Crippen molar-refractivity contribution in [3.63, 3.8) is 0 Å². The van der Waals surface area contributed by atoms with Gasteiger partial charge in [0, 0.05) is 5.56 Å². The van der Waals surface area contributed by atoms with Crippen LogP contribution in [0.3, 0.4) is 0 Å². The molecule has 0 spiro atoms. The van der Waals surface area contributed by atoms with E-state index in [0.29, 0.717) is 23.6 Å². The zero-order chi connectivity index (χ0) is 24.8. The molecule has 0 unspecified atom stereocenters. The number of rotatable bonds is 3. The van der Waals surface area contributed by atoms with Crippen LogP contribution in [0.2, 0.25) is 0 Å². The van der Waals surface area contributed by atoms with Crippen LogP contribution < -0.4 is 0 Å². The van der Waals surface area contributed by atoms with Crippen LogP contribution in [0.4, 0.5) is 35.1 Å². The van der Waals surface area contributed by atoms with Crippen molar-refractivity contribution in [3.8, 4) is 22.3 Å². The first kappa shape index (κ1) is 24.2. The molecule has 34 heavy (non-hydrogen) atoms. The number of hydrogen-bond acceptors (Lipinski definition) is 0. The molecule has 0 bridgehead atoms. The lowest BCUT2D eigenvalue weighted by atomic mass is 9.79. The van der Waals surface area contributed by atoms with Crippen LogP contribution >= 0.6 is 0 Å². The van der Waals surface area contributed by atoms with Gasteiger partial charge >= 0.3 is 6.18 Å². The quantitative estimate of drug-likeness (QED) is 0.326. The highest BCUT2D eigenvalue weighted by Crippen LogP contribution is 2.40. The molecule has 0 amide bonds. The molecule has 180 valence electrons. The summed E-state index contributed by atoms with van der Waals surface area (Å²) in [5.41, 5.74) is -3.03. The van der Waals surface area contributed by atoms with Gasteiger partial charge in [-0.3, -0.25) is 0 Å². The summed E-state index contributed by atoms with van der Waals surface area (Å²) < 4.78 is 111. The van der Waals surface area contributed by atoms with Crippen molar-refractivity contribution in [1.82, 2.24) is 0 Å². The molecule has 0 atom stereocenters. The normalized spacial score (nSPS) is 18.9. The van der Waals surface area contributed by atoms with E-state index < -0.39 is 57.5 Å². The maximum absolute atomic E-state index is 14.9. The molecule has 0 aliphatic heterocycles. The summed E-state index contributed by atoms with van der Waals surface area (Å²) in [5.74, 6) is -6.01. The number of halogens is 8. The minimum absolute atomic E-state index is 0.0397. The van der Waals surface area contributed by atoms with Gasteiger partial charge in [-0.05, 0) is 71.7 Å². The SMILES string of the molecule is CC1CCC(c2cc(F)c(-c3ccc(-c4cc(F)c(C(F)(F)F)c(F)c4)c(F)c3)c(F)c2)CC1. The van der Waals surface area contributed by atoms with Crippen LogP contribution in [-0.4, -0.2) is 0 Å². The van der Waals surface area contributed by atoms with E-state index in [1.165, 1.54) is 12.1 Å². The third kappa shape index (κ3) is 4.68. The highest BCUT2D eigenvalue weighted by Gasteiger charge is 2.38. The largest absolute Gasteiger partial charge is 0.422 e. The van der Waals surface area contributed by atoms with E-state index in [-0.39, 0.29) is 11.5 Å². The molecular weight excluding hydrogens is 464 g/mol. The highest BCUT2D eigenvalue weighted by molar-refractivity contribution is 5.72. The zero-order valence-electron chi connectivity index (χ0n) is 18.0. The molecule has 3 aromatic carbocycles. The lowest BCUT2D eigenvalue weighted by Crippen LogP contribution is -2.11. The van der Waals surface area contributed by atoms with Gasteiger partial charge in [0.25, 0.3) is 0 Å². The Kier molecular flexibility index (Phi) is 6.44. The van der Waals surface area contributed by atoms with Gasteiger partial charge in [-0.1, -0.05) is 31.9 Å². The van der Waals surface area contributed by atoms with Crippen LogP contribution in [0.1, 0.15) is 49.7 Å². The van der Waals surface area contributed by atoms with Gasteiger partial charge in [-0.15, -0.1) is 0 Å². The molecule has 0 radical (unpaired) electrons. The van der Waals surface area contributed by atoms with Gasteiger partial charge in [0.2, 0.25) is 0 Å². The van der Waals surface area contributed by atoms with Crippen molar-refractivity contribution in [2.75, 3.05) is 0 Å². The van der Waals surface area contributed by atoms with Crippen molar-refractivity contribution in [3.05, 3.63) is 82.7 Å². The first-order valence-electron chi connectivity index (χ1n) is 10.8. The summed E-state index contributed by atoms with van der Waals surface area (Å²) in [4.78, 5) is 0. The first-order chi connectivity index (χ1) is 16.0. The minimum Gasteiger partial charge on any atom is -0.206 e. The molecule has 0 N–H and O–H groups in total. The number of hydrogen-bond donors (Lipinski definition) is 0. The Hall–Kier alpha value is -2.90. The maximum atomic E-state index is 14.9. The third-order valence-corrected chi connectivity index (χ3v) is 6.45. The van der Waals surface area contributed by atoms with Crippen molar-refractivity contribution < 1.29 is 35.1 Å². The topological polar surface area (TPSA) is 0 Å². The van der Waals surface area contributed by atoms with Gasteiger partial charge < -0.3 is 0 Å². The molecule has 0 aromatic heterocycles. The van der Waals surface area contributed by atoms with Crippen LogP contribution in [0.5, 0.6) is 0 Å². The Morgan fingerprint density at radius 3 is 1.68 bits per heavy atom. The molecule has 0 heterocycles. The van der Waals surface area contributed by atoms with Crippen LogP contribution in [-0.2, 0) is 6.18 Å². The molecule has 1 fully saturated rings. The van der Waals surface area contributed by atoms with E-state index in [1.54, 1.807) is 0 Å². The van der Waals surface area contributed by atoms with E-state index in [9.17, 15) is 35.1 Å². The molecule has 3 aromatic rings. The Bertz CT molecular complexity index is 1170. The average Bonchev–Trinajstić information content (AvgIpc) is 2.72. The van der Waals surface area contributed by atoms with E-state index in [0.717, 1.165) is 43.9 Å². The van der Waals surface area contributed by atoms with E-state index >= 15 is 0 Å². The van der Waals surface area contributed by atoms with Gasteiger partial charge in [-0.25, -0.2) is 22.0 Å². The summed E-state index contributed by atoms with van der Waals surface area (Å²) in [6, 6.07) is 6.16. The Balaban J connectivity index is 1.68. The molecule has 4 rings (SSSR count). The molecular formula is C26H20F8. The number of alkyl halides is 3. The van der Waals surface area contributed by atoms with Gasteiger partial charge in [0.1, 0.15) is 34.6 Å². The first-order valence-corrected chi connectivity index (χ1v) is 10.8. The van der Waals surface area contributed by atoms with Crippen molar-refractivity contribution in [2.24, 2.45) is 5.92 Å². The predicted octanol–water partition coefficient (Wildman–Crippen LogP) is 9.03. The van der Waals surface area contributed by atoms with Crippen LogP contribution in [0.15, 0.2) is 42.5 Å². The van der Waals surface area contributed by atoms with Crippen LogP contribution in [0.25, 0.3) is 22.3 Å². The average molecular weight is 484 g/mol. The summed E-state index contributed by atoms with van der Waals surface area (Å²) in [5, 5.41) is 0. The van der Waals surface area contributed by atoms with Crippen molar-refractivity contribution >= 4 is 0 Å². The van der Waals surface area contributed by atoms with Crippen molar-refractivity contribution in [1.29, 1.82) is 0 Å². The Morgan fingerprint density at radius 2 is 1.18 bits per heavy atom. The van der Waals surface area contributed by atoms with Gasteiger partial charge in [0.15, 0.2) is 0 Å². The standard InChI is InChI=1S/C26H20F8/c1-13-2-4-14(5-3-13)16-9-20(28)24(21(29)10-16)15-6-7-18(19(27)8-15)17-11-22(30)25(23(31)12-17)26(32,33)34/h6-14H,2-5H2,1H3. The van der Waals surface area contributed by atoms with Crippen LogP contribution in [0, 0.1) is 35.0 Å². The minimum atomic E-state index is -5.26. The second-order valence-corrected chi connectivity index (χ2v) is 8.82. The van der Waals surface area contributed by atoms with E-state index in [2.05, 4.69) is 6.92 Å². The third-order valence-electron chi connectivity index (χ3n) is 6.45. The predicted molar refractivity (Wildman–Crippen MR) is 112 cm³/mol. The molecule has 1 aliphatic carbocycles. The molecule has 0 nitrogen and oxygen atoms in total. The lowest BCUT2D eigenvalue weighted by Gasteiger charge is -2.26. The van der Waals surface area contributed by atoms with E-state index in [4.69, 9.17) is 0 Å². The molecule has 8 heteroatoms. The maximum Gasteiger partial charge on any atom is 0.422 e. The smallest absolute Gasteiger partial charge is 0.206 e. The highest BCUT2D eigenvalue weighted by atomic mass is 19.4. The monoisotopic (exact) mass is 484 g/mol. The van der Waals surface area contributed by atoms with Gasteiger partial charge in [-0.2, -0.15) is 13.2 Å². The molecule has 1 aliphatic rings. The molecule has 0 saturated heterocycles. The second-order valence-electron chi connectivity index (χ2n) is 8.82. The van der Waals surface area contributed by atoms with E-state index in [1.807, 2.05) is 0 Å². The fraction of sp³-hybridized carbons (Fsp3) is 0.308. The zero-order valence-corrected chi connectivity index (χ0v) is 18.0. The summed E-state index contributed by atoms with van der Waals surface area (Å²) in [6.45, 7) is 2.13. The number of benzene rings is 3. The summed E-state index contributed by atoms with van der Waals surface area (Å²) in [7, 11) is 0. The van der Waals surface area contributed by atoms with Crippen molar-refractivity contribution in [2.45, 2.75) is 44.7 Å². The van der Waals surface area contributed by atoms with Gasteiger partial charge in [0.05, 0.1) is 5.56 Å². The summed E-state index contributed by atoms with van der Waals surface area (Å²) >= 11 is 0. The fourth-order valence-corrected chi connectivity index (χ4v) is 4.60. The summed E-state index contributed by atoms with van der Waals surface area (Å²) in [6.07, 6.45) is -1.68. The Labute approximate surface area is 191 Å². The Morgan fingerprint density at radius 1 is 0.647 bits per heavy atom. The molecule has 1 saturated carbocycles. The fourth-order valence-electron chi connectivity index (χ4n) is 4.60. The second kappa shape index (κ2) is 9.04. The lowest BCUT2D eigenvalue weighted by molar-refractivity contribution is -0.142.